The zero-order chi connectivity index (χ0) is 10.4. The highest BCUT2D eigenvalue weighted by Gasteiger charge is 2.08. The third-order valence-electron chi connectivity index (χ3n) is 1.80. The predicted octanol–water partition coefficient (Wildman–Crippen LogP) is 2.20. The Morgan fingerprint density at radius 2 is 2.29 bits per heavy atom. The van der Waals surface area contributed by atoms with Crippen molar-refractivity contribution in [2.24, 2.45) is 0 Å². The van der Waals surface area contributed by atoms with Crippen LogP contribution in [0.15, 0.2) is 12.1 Å². The molecule has 0 aromatic carbocycles. The second kappa shape index (κ2) is 5.72. The van der Waals surface area contributed by atoms with Crippen LogP contribution in [0.5, 0.6) is 0 Å². The molecule has 0 unspecified atom stereocenters. The summed E-state index contributed by atoms with van der Waals surface area (Å²) in [5, 5.41) is 13.9. The van der Waals surface area contributed by atoms with E-state index in [2.05, 4.69) is 12.2 Å². The van der Waals surface area contributed by atoms with Gasteiger partial charge in [-0.25, -0.2) is 0 Å². The van der Waals surface area contributed by atoms with E-state index in [4.69, 9.17) is 0 Å². The number of nitrogens with one attached hydrogen (secondary N) is 1. The third-order valence-corrected chi connectivity index (χ3v) is 2.90. The maximum absolute atomic E-state index is 10.4. The summed E-state index contributed by atoms with van der Waals surface area (Å²) in [7, 11) is 0. The van der Waals surface area contributed by atoms with Gasteiger partial charge in [-0.05, 0) is 32.0 Å². The molecule has 0 amide bonds. The molecule has 0 aliphatic carbocycles. The Morgan fingerprint density at radius 1 is 1.50 bits per heavy atom. The highest BCUT2D eigenvalue weighted by Crippen LogP contribution is 2.23. The van der Waals surface area contributed by atoms with E-state index in [-0.39, 0.29) is 9.92 Å². The molecule has 0 fully saturated rings. The Labute approximate surface area is 87.1 Å². The number of thiophene rings is 1. The fourth-order valence-corrected chi connectivity index (χ4v) is 1.93. The Bertz CT molecular complexity index is 299. The van der Waals surface area contributed by atoms with Crippen LogP contribution < -0.4 is 5.32 Å². The van der Waals surface area contributed by atoms with Crippen LogP contribution in [-0.4, -0.2) is 18.0 Å². The molecule has 0 spiro atoms. The van der Waals surface area contributed by atoms with Gasteiger partial charge in [-0.15, -0.1) is 0 Å². The summed E-state index contributed by atoms with van der Waals surface area (Å²) < 4.78 is 0. The maximum atomic E-state index is 10.4. The van der Waals surface area contributed by atoms with E-state index in [1.54, 1.807) is 6.07 Å². The zero-order valence-electron chi connectivity index (χ0n) is 8.16. The fraction of sp³-hybridized carbons (Fsp3) is 0.556. The van der Waals surface area contributed by atoms with Crippen molar-refractivity contribution < 1.29 is 4.92 Å². The van der Waals surface area contributed by atoms with Crippen LogP contribution in [0.2, 0.25) is 0 Å². The van der Waals surface area contributed by atoms with Gasteiger partial charge in [0.1, 0.15) is 0 Å². The largest absolute Gasteiger partial charge is 0.324 e. The first kappa shape index (κ1) is 11.1. The minimum atomic E-state index is -0.340. The average molecular weight is 214 g/mol. The van der Waals surface area contributed by atoms with Crippen molar-refractivity contribution >= 4 is 16.3 Å². The van der Waals surface area contributed by atoms with Crippen LogP contribution in [0, 0.1) is 10.1 Å². The first-order chi connectivity index (χ1) is 6.74. The molecule has 0 saturated carbocycles. The standard InChI is InChI=1S/C9H14N2O2S/c1-2-6-10-7-5-8-3-4-9(14-8)11(12)13/h3-4,10H,2,5-7H2,1H3. The van der Waals surface area contributed by atoms with Crippen molar-refractivity contribution in [2.75, 3.05) is 13.1 Å². The topological polar surface area (TPSA) is 55.2 Å². The van der Waals surface area contributed by atoms with Gasteiger partial charge in [0.05, 0.1) is 4.92 Å². The van der Waals surface area contributed by atoms with Gasteiger partial charge < -0.3 is 5.32 Å². The van der Waals surface area contributed by atoms with Crippen LogP contribution in [0.4, 0.5) is 5.00 Å². The van der Waals surface area contributed by atoms with E-state index in [0.717, 1.165) is 30.8 Å². The minimum Gasteiger partial charge on any atom is -0.316 e. The van der Waals surface area contributed by atoms with Crippen molar-refractivity contribution in [1.29, 1.82) is 0 Å². The molecule has 1 heterocycles. The summed E-state index contributed by atoms with van der Waals surface area (Å²) in [5.41, 5.74) is 0. The number of nitro groups is 1. The molecule has 14 heavy (non-hydrogen) atoms. The van der Waals surface area contributed by atoms with Gasteiger partial charge in [0, 0.05) is 10.9 Å². The highest BCUT2D eigenvalue weighted by molar-refractivity contribution is 7.15. The summed E-state index contributed by atoms with van der Waals surface area (Å²) in [6, 6.07) is 3.40. The van der Waals surface area contributed by atoms with E-state index < -0.39 is 0 Å². The smallest absolute Gasteiger partial charge is 0.316 e. The number of nitrogens with zero attached hydrogens (tertiary/aromatic N) is 1. The molecule has 0 bridgehead atoms. The Morgan fingerprint density at radius 3 is 2.86 bits per heavy atom. The normalized spacial score (nSPS) is 10.4. The molecule has 0 aliphatic rings. The lowest BCUT2D eigenvalue weighted by molar-refractivity contribution is -0.380. The van der Waals surface area contributed by atoms with Crippen molar-refractivity contribution in [3.8, 4) is 0 Å². The second-order valence-electron chi connectivity index (χ2n) is 3.00. The summed E-state index contributed by atoms with van der Waals surface area (Å²) in [6.07, 6.45) is 1.99. The van der Waals surface area contributed by atoms with Crippen molar-refractivity contribution in [3.05, 3.63) is 27.1 Å². The Balaban J connectivity index is 2.33. The minimum absolute atomic E-state index is 0.232. The maximum Gasteiger partial charge on any atom is 0.324 e. The summed E-state index contributed by atoms with van der Waals surface area (Å²) in [4.78, 5) is 11.1. The van der Waals surface area contributed by atoms with Gasteiger partial charge in [0.2, 0.25) is 0 Å². The summed E-state index contributed by atoms with van der Waals surface area (Å²) in [5.74, 6) is 0. The van der Waals surface area contributed by atoms with Crippen LogP contribution in [0.1, 0.15) is 18.2 Å². The van der Waals surface area contributed by atoms with Gasteiger partial charge in [-0.1, -0.05) is 18.3 Å². The number of hydrogen-bond acceptors (Lipinski definition) is 4. The molecule has 1 N–H and O–H groups in total. The lowest BCUT2D eigenvalue weighted by Crippen LogP contribution is -2.17. The monoisotopic (exact) mass is 214 g/mol. The Kier molecular flexibility index (Phi) is 4.55. The summed E-state index contributed by atoms with van der Waals surface area (Å²) >= 11 is 1.26. The van der Waals surface area contributed by atoms with Crippen molar-refractivity contribution in [1.82, 2.24) is 5.32 Å². The van der Waals surface area contributed by atoms with Gasteiger partial charge in [-0.2, -0.15) is 0 Å². The van der Waals surface area contributed by atoms with Crippen molar-refractivity contribution in [2.45, 2.75) is 19.8 Å². The average Bonchev–Trinajstić information content (AvgIpc) is 2.61. The van der Waals surface area contributed by atoms with Crippen LogP contribution >= 0.6 is 11.3 Å². The molecule has 0 saturated heterocycles. The molecule has 0 atom stereocenters. The van der Waals surface area contributed by atoms with E-state index in [1.807, 2.05) is 6.07 Å². The summed E-state index contributed by atoms with van der Waals surface area (Å²) in [6.45, 7) is 4.02. The van der Waals surface area contributed by atoms with Crippen LogP contribution in [0.3, 0.4) is 0 Å². The Hall–Kier alpha value is -0.940. The fourth-order valence-electron chi connectivity index (χ4n) is 1.11. The first-order valence-corrected chi connectivity index (χ1v) is 5.49. The molecule has 1 aromatic rings. The van der Waals surface area contributed by atoms with Gasteiger partial charge >= 0.3 is 5.00 Å². The second-order valence-corrected chi connectivity index (χ2v) is 4.14. The van der Waals surface area contributed by atoms with Crippen molar-refractivity contribution in [3.63, 3.8) is 0 Å². The molecule has 4 nitrogen and oxygen atoms in total. The predicted molar refractivity (Wildman–Crippen MR) is 57.8 cm³/mol. The van der Waals surface area contributed by atoms with Crippen LogP contribution in [0.25, 0.3) is 0 Å². The first-order valence-electron chi connectivity index (χ1n) is 4.68. The molecule has 5 heteroatoms. The van der Waals surface area contributed by atoms with E-state index in [9.17, 15) is 10.1 Å². The lowest BCUT2D eigenvalue weighted by Gasteiger charge is -1.99. The number of hydrogen-bond donors (Lipinski definition) is 1. The van der Waals surface area contributed by atoms with E-state index in [1.165, 1.54) is 11.3 Å². The van der Waals surface area contributed by atoms with Gasteiger partial charge in [0.15, 0.2) is 0 Å². The van der Waals surface area contributed by atoms with Gasteiger partial charge in [-0.3, -0.25) is 10.1 Å². The molecular weight excluding hydrogens is 200 g/mol. The molecule has 0 aliphatic heterocycles. The third kappa shape index (κ3) is 3.43. The molecule has 78 valence electrons. The molecule has 1 rings (SSSR count). The number of rotatable bonds is 6. The quantitative estimate of drug-likeness (QED) is 0.448. The molecule has 1 aromatic heterocycles. The zero-order valence-corrected chi connectivity index (χ0v) is 8.97. The molecule has 0 radical (unpaired) electrons. The SMILES string of the molecule is CCCNCCc1ccc([N+](=O)[O-])s1. The van der Waals surface area contributed by atoms with Gasteiger partial charge in [0.25, 0.3) is 0 Å². The molecular formula is C9H14N2O2S. The van der Waals surface area contributed by atoms with E-state index >= 15 is 0 Å². The highest BCUT2D eigenvalue weighted by atomic mass is 32.1. The van der Waals surface area contributed by atoms with Crippen LogP contribution in [-0.2, 0) is 6.42 Å². The lowest BCUT2D eigenvalue weighted by atomic mass is 10.3. The van der Waals surface area contributed by atoms with E-state index in [0.29, 0.717) is 0 Å².